The number of rotatable bonds is 3. The van der Waals surface area contributed by atoms with E-state index in [4.69, 9.17) is 10.00 Å². The van der Waals surface area contributed by atoms with Crippen molar-refractivity contribution in [3.8, 4) is 17.6 Å². The molecule has 1 aliphatic carbocycles. The second kappa shape index (κ2) is 5.34. The molecule has 3 heteroatoms. The number of fused-ring (bicyclic) bond motifs is 1. The lowest BCUT2D eigenvalue weighted by atomic mass is 10.1. The Balaban J connectivity index is 1.85. The number of nitriles is 1. The summed E-state index contributed by atoms with van der Waals surface area (Å²) in [6.45, 7) is 0. The molecule has 0 saturated heterocycles. The summed E-state index contributed by atoms with van der Waals surface area (Å²) >= 11 is 0. The summed E-state index contributed by atoms with van der Waals surface area (Å²) in [5.41, 5.74) is 2.75. The van der Waals surface area contributed by atoms with Crippen LogP contribution in [0.15, 0.2) is 36.4 Å². The van der Waals surface area contributed by atoms with Gasteiger partial charge in [0, 0.05) is 5.56 Å². The van der Waals surface area contributed by atoms with Crippen LogP contribution in [0.3, 0.4) is 0 Å². The molecule has 0 N–H and O–H groups in total. The first-order chi connectivity index (χ1) is 9.78. The topological polar surface area (TPSA) is 33.0 Å². The smallest absolute Gasteiger partial charge is 0.131 e. The third-order valence-corrected chi connectivity index (χ3v) is 3.62. The number of benzene rings is 2. The van der Waals surface area contributed by atoms with Crippen LogP contribution >= 0.6 is 0 Å². The van der Waals surface area contributed by atoms with Crippen molar-refractivity contribution >= 4 is 0 Å². The fourth-order valence-corrected chi connectivity index (χ4v) is 2.62. The Bertz CT molecular complexity index is 671. The average Bonchev–Trinajstić information content (AvgIpc) is 2.95. The number of hydrogen-bond donors (Lipinski definition) is 0. The van der Waals surface area contributed by atoms with Crippen molar-refractivity contribution < 1.29 is 9.13 Å². The molecule has 0 aromatic heterocycles. The summed E-state index contributed by atoms with van der Waals surface area (Å²) in [6.07, 6.45) is 3.04. The highest BCUT2D eigenvalue weighted by Gasteiger charge is 2.19. The lowest BCUT2D eigenvalue weighted by molar-refractivity contribution is 0.474. The molecular weight excluding hydrogens is 253 g/mol. The van der Waals surface area contributed by atoms with Gasteiger partial charge in [0.1, 0.15) is 17.3 Å². The minimum absolute atomic E-state index is 0.130. The maximum atomic E-state index is 13.7. The molecule has 3 rings (SSSR count). The van der Waals surface area contributed by atoms with Gasteiger partial charge in [-0.05, 0) is 54.7 Å². The van der Waals surface area contributed by atoms with Crippen LogP contribution in [-0.4, -0.2) is 0 Å². The number of ether oxygens (including phenoxy) is 1. The molecule has 0 amide bonds. The third-order valence-electron chi connectivity index (χ3n) is 3.62. The van der Waals surface area contributed by atoms with Gasteiger partial charge >= 0.3 is 0 Å². The van der Waals surface area contributed by atoms with E-state index in [1.54, 1.807) is 6.07 Å². The molecule has 0 spiro atoms. The average molecular weight is 267 g/mol. The Morgan fingerprint density at radius 2 is 1.80 bits per heavy atom. The molecule has 0 fully saturated rings. The Morgan fingerprint density at radius 1 is 1.05 bits per heavy atom. The fraction of sp³-hybridized carbons (Fsp3) is 0.235. The van der Waals surface area contributed by atoms with E-state index in [0.29, 0.717) is 12.2 Å². The van der Waals surface area contributed by atoms with Gasteiger partial charge in [0.2, 0.25) is 0 Å². The summed E-state index contributed by atoms with van der Waals surface area (Å²) in [7, 11) is 0. The summed E-state index contributed by atoms with van der Waals surface area (Å²) in [4.78, 5) is 0. The Kier molecular flexibility index (Phi) is 3.39. The molecule has 0 heterocycles. The van der Waals surface area contributed by atoms with E-state index in [2.05, 4.69) is 6.07 Å². The van der Waals surface area contributed by atoms with Gasteiger partial charge in [-0.2, -0.15) is 5.26 Å². The molecule has 2 aromatic rings. The maximum absolute atomic E-state index is 13.7. The Labute approximate surface area is 117 Å². The zero-order chi connectivity index (χ0) is 13.9. The Hall–Kier alpha value is -2.34. The van der Waals surface area contributed by atoms with Crippen LogP contribution in [0.1, 0.15) is 23.1 Å². The highest BCUT2D eigenvalue weighted by Crippen LogP contribution is 2.35. The molecular formula is C17H14FNO. The summed E-state index contributed by atoms with van der Waals surface area (Å²) < 4.78 is 19.5. The standard InChI is InChI=1S/C17H14FNO/c18-16-8-9-17(15-3-1-2-14(15)16)20-13-6-4-12(5-7-13)10-11-19/h4-9H,1-3,10H2. The minimum atomic E-state index is -0.130. The molecule has 2 aromatic carbocycles. The van der Waals surface area contributed by atoms with Crippen LogP contribution in [0.2, 0.25) is 0 Å². The first-order valence-electron chi connectivity index (χ1n) is 6.72. The van der Waals surface area contributed by atoms with Gasteiger partial charge in [0.25, 0.3) is 0 Å². The SMILES string of the molecule is N#CCc1ccc(Oc2ccc(F)c3c2CCC3)cc1. The van der Waals surface area contributed by atoms with Crippen LogP contribution in [0.25, 0.3) is 0 Å². The van der Waals surface area contributed by atoms with Crippen molar-refractivity contribution in [3.63, 3.8) is 0 Å². The van der Waals surface area contributed by atoms with Gasteiger partial charge in [-0.25, -0.2) is 4.39 Å². The monoisotopic (exact) mass is 267 g/mol. The molecule has 20 heavy (non-hydrogen) atoms. The lowest BCUT2D eigenvalue weighted by Gasteiger charge is -2.11. The van der Waals surface area contributed by atoms with Crippen LogP contribution in [0, 0.1) is 17.1 Å². The van der Waals surface area contributed by atoms with Gasteiger partial charge in [0.05, 0.1) is 12.5 Å². The van der Waals surface area contributed by atoms with Crippen LogP contribution in [0.4, 0.5) is 4.39 Å². The molecule has 0 saturated carbocycles. The number of hydrogen-bond acceptors (Lipinski definition) is 2. The van der Waals surface area contributed by atoms with Gasteiger partial charge in [-0.3, -0.25) is 0 Å². The van der Waals surface area contributed by atoms with Gasteiger partial charge in [-0.1, -0.05) is 12.1 Å². The highest BCUT2D eigenvalue weighted by atomic mass is 19.1. The molecule has 0 atom stereocenters. The zero-order valence-electron chi connectivity index (χ0n) is 11.0. The van der Waals surface area contributed by atoms with Crippen molar-refractivity contribution in [1.82, 2.24) is 0 Å². The zero-order valence-corrected chi connectivity index (χ0v) is 11.0. The molecule has 0 bridgehead atoms. The van der Waals surface area contributed by atoms with Crippen molar-refractivity contribution in [2.75, 3.05) is 0 Å². The van der Waals surface area contributed by atoms with Crippen LogP contribution in [0.5, 0.6) is 11.5 Å². The first-order valence-corrected chi connectivity index (χ1v) is 6.72. The van der Waals surface area contributed by atoms with E-state index >= 15 is 0 Å². The van der Waals surface area contributed by atoms with Crippen molar-refractivity contribution in [2.24, 2.45) is 0 Å². The first kappa shape index (κ1) is 12.7. The predicted octanol–water partition coefficient (Wildman–Crippen LogP) is 4.17. The van der Waals surface area contributed by atoms with Crippen LogP contribution in [-0.2, 0) is 19.3 Å². The summed E-state index contributed by atoms with van der Waals surface area (Å²) in [6, 6.07) is 12.7. The van der Waals surface area contributed by atoms with Crippen molar-refractivity contribution in [2.45, 2.75) is 25.7 Å². The van der Waals surface area contributed by atoms with E-state index < -0.39 is 0 Å². The molecule has 0 radical (unpaired) electrons. The maximum Gasteiger partial charge on any atom is 0.131 e. The Morgan fingerprint density at radius 3 is 2.55 bits per heavy atom. The fourth-order valence-electron chi connectivity index (χ4n) is 2.62. The second-order valence-corrected chi connectivity index (χ2v) is 4.94. The van der Waals surface area contributed by atoms with E-state index in [1.807, 2.05) is 24.3 Å². The lowest BCUT2D eigenvalue weighted by Crippen LogP contribution is -1.94. The van der Waals surface area contributed by atoms with E-state index in [0.717, 1.165) is 41.7 Å². The minimum Gasteiger partial charge on any atom is -0.457 e. The van der Waals surface area contributed by atoms with Gasteiger partial charge < -0.3 is 4.74 Å². The third kappa shape index (κ3) is 2.37. The summed E-state index contributed by atoms with van der Waals surface area (Å²) in [5.74, 6) is 1.33. The van der Waals surface area contributed by atoms with Crippen LogP contribution < -0.4 is 4.74 Å². The molecule has 100 valence electrons. The predicted molar refractivity (Wildman–Crippen MR) is 74.3 cm³/mol. The second-order valence-electron chi connectivity index (χ2n) is 4.94. The molecule has 2 nitrogen and oxygen atoms in total. The molecule has 1 aliphatic rings. The quantitative estimate of drug-likeness (QED) is 0.836. The normalized spacial score (nSPS) is 12.8. The summed E-state index contributed by atoms with van der Waals surface area (Å²) in [5, 5.41) is 8.64. The van der Waals surface area contributed by atoms with E-state index in [1.165, 1.54) is 6.07 Å². The molecule has 0 unspecified atom stereocenters. The van der Waals surface area contributed by atoms with E-state index in [-0.39, 0.29) is 5.82 Å². The van der Waals surface area contributed by atoms with Gasteiger partial charge in [0.15, 0.2) is 0 Å². The van der Waals surface area contributed by atoms with Crippen molar-refractivity contribution in [3.05, 3.63) is 58.9 Å². The highest BCUT2D eigenvalue weighted by molar-refractivity contribution is 5.46. The van der Waals surface area contributed by atoms with E-state index in [9.17, 15) is 4.39 Å². The number of nitrogens with zero attached hydrogens (tertiary/aromatic N) is 1. The molecule has 0 aliphatic heterocycles. The van der Waals surface area contributed by atoms with Crippen molar-refractivity contribution in [1.29, 1.82) is 5.26 Å². The largest absolute Gasteiger partial charge is 0.457 e. The number of halogens is 1. The van der Waals surface area contributed by atoms with Gasteiger partial charge in [-0.15, -0.1) is 0 Å².